The first kappa shape index (κ1) is 43.4. The van der Waals surface area contributed by atoms with Crippen LogP contribution in [0.3, 0.4) is 0 Å². The molecule has 0 N–H and O–H groups in total. The van der Waals surface area contributed by atoms with Crippen LogP contribution in [-0.4, -0.2) is 5.97 Å². The standard InChI is InChI=1S/C76H60O4/c1-3-37-12-16-39(17-13-37)34-78-43-31-41(32-44(33-43)79-35-40-18-14-38(4-2)15-19-40)36-80-55(77)11-8-30-74(42-9-6-5-7-10-42)75-53-28-29-54-52-27-25-50-48-23-21-46-45-20-22-47-49-24-26-51(53)62-60(49)65-58(47)56(45)64-57(46)59(48)66-61(50)63(52)73(76(54,74)75)71-69(66)67(64)68(65)70(71)72(62)75/h3-7,9-10,12-19,31-33,45-47,49,57,60H,1-2,8,11,20-30,34-36H2. The van der Waals surface area contributed by atoms with Crippen LogP contribution in [0.2, 0.25) is 0 Å². The molecule has 3 saturated carbocycles. The van der Waals surface area contributed by atoms with Crippen LogP contribution in [0, 0.1) is 17.3 Å². The van der Waals surface area contributed by atoms with Crippen molar-refractivity contribution in [2.75, 3.05) is 0 Å². The summed E-state index contributed by atoms with van der Waals surface area (Å²) in [5, 5.41) is 3.46. The lowest BCUT2D eigenvalue weighted by Crippen LogP contribution is -2.39. The van der Waals surface area contributed by atoms with Crippen LogP contribution >= 0.6 is 0 Å². The molecule has 80 heavy (non-hydrogen) atoms. The Bertz CT molecular complexity index is 4350. The highest BCUT2D eigenvalue weighted by Crippen LogP contribution is 2.97. The SMILES string of the molecule is C=Cc1ccc(COc2cc(COC(=O)CCCC3(c4ccccc4)C45C6=C7CCC8C9CCC%10c%11c9c9c%12c%13c%11C%11C%14=C(CCC%10%11)C%10=c%11c%14c-%13c(c%13c%11C(=C(CC6)C%1343)CC%10)=C%12C5=C7C98)cc(OCc3ccc(C=C)cc3)c2)cc1. The number of hydrogen-bond donors (Lipinski definition) is 0. The zero-order valence-corrected chi connectivity index (χ0v) is 45.2. The Balaban J connectivity index is 0.687. The smallest absolute Gasteiger partial charge is 0.306 e. The van der Waals surface area contributed by atoms with Crippen molar-refractivity contribution in [1.82, 2.24) is 0 Å². The molecule has 0 amide bonds. The lowest BCUT2D eigenvalue weighted by molar-refractivity contribution is -0.145. The number of carbonyl (C=O) groups excluding carboxylic acids is 1. The second kappa shape index (κ2) is 14.2. The van der Waals surface area contributed by atoms with E-state index in [2.05, 4.69) is 92.0 Å². The van der Waals surface area contributed by atoms with E-state index in [0.29, 0.717) is 43.0 Å². The van der Waals surface area contributed by atoms with Gasteiger partial charge in [0.15, 0.2) is 0 Å². The fourth-order valence-electron chi connectivity index (χ4n) is 22.9. The number of hydrogen-bond acceptors (Lipinski definition) is 4. The third kappa shape index (κ3) is 4.40. The molecule has 388 valence electrons. The fraction of sp³-hybridized carbons (Fsp3) is 0.329. The van der Waals surface area contributed by atoms with Gasteiger partial charge in [-0.15, -0.1) is 0 Å². The molecule has 9 unspecified atom stereocenters. The van der Waals surface area contributed by atoms with E-state index < -0.39 is 0 Å². The molecule has 0 heterocycles. The maximum atomic E-state index is 14.6. The number of ether oxygens (including phenoxy) is 3. The topological polar surface area (TPSA) is 44.8 Å². The Hall–Kier alpha value is -7.43. The van der Waals surface area contributed by atoms with Crippen molar-refractivity contribution in [2.24, 2.45) is 17.3 Å². The van der Waals surface area contributed by atoms with Gasteiger partial charge in [0.2, 0.25) is 0 Å². The Labute approximate surface area is 466 Å². The molecule has 6 aromatic rings. The van der Waals surface area contributed by atoms with Gasteiger partial charge in [0.1, 0.15) is 31.3 Å². The van der Waals surface area contributed by atoms with E-state index in [-0.39, 0.29) is 28.8 Å². The van der Waals surface area contributed by atoms with Gasteiger partial charge >= 0.3 is 5.97 Å². The van der Waals surface area contributed by atoms with Gasteiger partial charge in [-0.3, -0.25) is 4.79 Å². The van der Waals surface area contributed by atoms with E-state index in [9.17, 15) is 4.79 Å². The lowest BCUT2D eigenvalue weighted by Gasteiger charge is -2.40. The molecule has 9 atom stereocenters. The second-order valence-electron chi connectivity index (χ2n) is 26.8. The Morgan fingerprint density at radius 2 is 1.19 bits per heavy atom. The summed E-state index contributed by atoms with van der Waals surface area (Å²) in [6.45, 7) is 8.78. The van der Waals surface area contributed by atoms with Gasteiger partial charge in [-0.05, 0) is 257 Å². The zero-order valence-electron chi connectivity index (χ0n) is 45.2. The Kier molecular flexibility index (Phi) is 7.69. The first-order valence-electron chi connectivity index (χ1n) is 30.7. The average Bonchev–Trinajstić information content (AvgIpc) is 1.39. The highest BCUT2D eigenvalue weighted by molar-refractivity contribution is 6.18. The number of fused-ring (bicyclic) bond motifs is 3. The minimum absolute atomic E-state index is 0.116. The van der Waals surface area contributed by atoms with Gasteiger partial charge in [-0.25, -0.2) is 0 Å². The van der Waals surface area contributed by atoms with Crippen LogP contribution in [0.4, 0.5) is 0 Å². The van der Waals surface area contributed by atoms with E-state index in [1.807, 2.05) is 86.0 Å². The van der Waals surface area contributed by atoms with Gasteiger partial charge in [0, 0.05) is 40.6 Å². The van der Waals surface area contributed by atoms with E-state index >= 15 is 0 Å². The quantitative estimate of drug-likeness (QED) is 0.0962. The van der Waals surface area contributed by atoms with Gasteiger partial charge in [0.25, 0.3) is 0 Å². The minimum Gasteiger partial charge on any atom is -0.489 e. The van der Waals surface area contributed by atoms with Crippen molar-refractivity contribution >= 4 is 40.4 Å². The summed E-state index contributed by atoms with van der Waals surface area (Å²) < 4.78 is 19.3. The minimum atomic E-state index is -0.196. The Morgan fingerprint density at radius 3 is 1.88 bits per heavy atom. The fourth-order valence-corrected chi connectivity index (χ4v) is 22.9. The van der Waals surface area contributed by atoms with Crippen molar-refractivity contribution < 1.29 is 19.0 Å². The van der Waals surface area contributed by atoms with Crippen molar-refractivity contribution in [3.8, 4) is 22.6 Å². The first-order chi connectivity index (χ1) is 39.5. The molecule has 4 nitrogen and oxygen atoms in total. The van der Waals surface area contributed by atoms with Gasteiger partial charge in [-0.1, -0.05) is 115 Å². The van der Waals surface area contributed by atoms with Crippen molar-refractivity contribution in [1.29, 1.82) is 0 Å². The van der Waals surface area contributed by atoms with Crippen LogP contribution in [0.25, 0.3) is 45.6 Å². The predicted molar refractivity (Wildman–Crippen MR) is 313 cm³/mol. The molecule has 2 spiro atoms. The number of allylic oxidation sites excluding steroid dienone is 8. The summed E-state index contributed by atoms with van der Waals surface area (Å²) in [5.41, 5.74) is 42.3. The zero-order chi connectivity index (χ0) is 52.0. The molecule has 4 heteroatoms. The summed E-state index contributed by atoms with van der Waals surface area (Å²) >= 11 is 0. The normalized spacial score (nSPS) is 30.6. The number of rotatable bonds is 15. The molecule has 0 aromatic heterocycles. The molecule has 0 aliphatic heterocycles. The highest BCUT2D eigenvalue weighted by Gasteiger charge is 2.95. The summed E-state index contributed by atoms with van der Waals surface area (Å²) in [7, 11) is 0. The molecule has 0 bridgehead atoms. The van der Waals surface area contributed by atoms with E-state index in [4.69, 9.17) is 14.2 Å². The largest absolute Gasteiger partial charge is 0.489 e. The Morgan fingerprint density at radius 1 is 0.550 bits per heavy atom. The summed E-state index contributed by atoms with van der Waals surface area (Å²) in [5.74, 6) is 5.36. The van der Waals surface area contributed by atoms with Crippen LogP contribution < -0.4 is 19.9 Å². The summed E-state index contributed by atoms with van der Waals surface area (Å²) in [4.78, 5) is 14.6. The van der Waals surface area contributed by atoms with Crippen molar-refractivity contribution in [3.05, 3.63) is 232 Å². The monoisotopic (exact) mass is 1040 g/mol. The molecule has 3 fully saturated rings. The third-order valence-corrected chi connectivity index (χ3v) is 24.6. The number of benzene rings is 6. The van der Waals surface area contributed by atoms with E-state index in [1.54, 1.807) is 66.1 Å². The molecule has 15 aliphatic rings. The number of carbonyl (C=O) groups is 1. The highest BCUT2D eigenvalue weighted by atomic mass is 16.5. The maximum absolute atomic E-state index is 14.6. The summed E-state index contributed by atoms with van der Waals surface area (Å²) in [6, 6.07) is 34.5. The van der Waals surface area contributed by atoms with Crippen molar-refractivity contribution in [3.63, 3.8) is 0 Å². The molecule has 21 rings (SSSR count). The third-order valence-electron chi connectivity index (χ3n) is 24.6. The molecule has 0 saturated heterocycles. The van der Waals surface area contributed by atoms with E-state index in [1.165, 1.54) is 69.8 Å². The maximum Gasteiger partial charge on any atom is 0.306 e. The average molecular weight is 1040 g/mol. The lowest BCUT2D eigenvalue weighted by atomic mass is 9.62. The molecule has 15 aliphatic carbocycles. The van der Waals surface area contributed by atoms with Crippen LogP contribution in [0.5, 0.6) is 11.5 Å². The molecular weight excluding hydrogens is 977 g/mol. The molecule has 6 aromatic carbocycles. The van der Waals surface area contributed by atoms with Gasteiger partial charge < -0.3 is 14.2 Å². The predicted octanol–water partition coefficient (Wildman–Crippen LogP) is 15.3. The van der Waals surface area contributed by atoms with E-state index in [0.717, 1.165) is 64.3 Å². The van der Waals surface area contributed by atoms with Crippen molar-refractivity contribution in [2.45, 2.75) is 138 Å². The molecular formula is C76H60O4. The van der Waals surface area contributed by atoms with Crippen LogP contribution in [-0.2, 0) is 40.2 Å². The second-order valence-corrected chi connectivity index (χ2v) is 26.8. The van der Waals surface area contributed by atoms with Gasteiger partial charge in [0.05, 0.1) is 0 Å². The molecule has 0 radical (unpaired) electrons. The van der Waals surface area contributed by atoms with Crippen LogP contribution in [0.1, 0.15) is 185 Å². The number of esters is 1. The van der Waals surface area contributed by atoms with Gasteiger partial charge in [-0.2, -0.15) is 0 Å². The first-order valence-corrected chi connectivity index (χ1v) is 30.7. The van der Waals surface area contributed by atoms with Crippen LogP contribution in [0.15, 0.2) is 144 Å². The summed E-state index contributed by atoms with van der Waals surface area (Å²) in [6.07, 6.45) is 18.6.